The number of hydrogen-bond acceptors (Lipinski definition) is 0. The third-order valence-corrected chi connectivity index (χ3v) is 61.1. The molecule has 0 radical (unpaired) electrons. The first-order valence-corrected chi connectivity index (χ1v) is 32.2. The second-order valence-electron chi connectivity index (χ2n) is 14.9. The summed E-state index contributed by atoms with van der Waals surface area (Å²) in [6, 6.07) is 14.0. The van der Waals surface area contributed by atoms with E-state index in [1.165, 1.54) is 44.5 Å². The van der Waals surface area contributed by atoms with Crippen LogP contribution in [0.1, 0.15) is 109 Å². The van der Waals surface area contributed by atoms with Crippen LogP contribution in [0.25, 0.3) is 12.2 Å². The second kappa shape index (κ2) is 12.3. The van der Waals surface area contributed by atoms with Crippen molar-refractivity contribution in [3.63, 3.8) is 0 Å². The van der Waals surface area contributed by atoms with Crippen LogP contribution in [-0.2, 0) is 28.4 Å². The molecule has 0 heterocycles. The van der Waals surface area contributed by atoms with E-state index < -0.39 is 21.5 Å². The van der Waals surface area contributed by atoms with Gasteiger partial charge in [0.05, 0.1) is 0 Å². The van der Waals surface area contributed by atoms with Crippen molar-refractivity contribution in [1.29, 1.82) is 0 Å². The van der Waals surface area contributed by atoms with Crippen molar-refractivity contribution in [2.45, 2.75) is 101 Å². The Bertz CT molecular complexity index is 1200. The van der Waals surface area contributed by atoms with E-state index in [0.29, 0.717) is 23.7 Å². The van der Waals surface area contributed by atoms with Crippen LogP contribution in [0.3, 0.4) is 0 Å². The van der Waals surface area contributed by atoms with Crippen molar-refractivity contribution >= 4 is 35.1 Å². The van der Waals surface area contributed by atoms with Gasteiger partial charge in [-0.15, -0.1) is 0 Å². The van der Waals surface area contributed by atoms with Crippen LogP contribution in [0, 0.1) is 23.7 Å². The molecule has 2 atom stereocenters. The Morgan fingerprint density at radius 2 is 0.950 bits per heavy atom. The van der Waals surface area contributed by atoms with Crippen LogP contribution in [-0.4, -0.2) is 5.92 Å². The minimum atomic E-state index is -4.69. The van der Waals surface area contributed by atoms with Crippen molar-refractivity contribution < 1.29 is 15.6 Å². The molecule has 2 aliphatic rings. The van der Waals surface area contributed by atoms with Crippen LogP contribution in [0.15, 0.2) is 47.5 Å². The Morgan fingerprint density at radius 3 is 1.25 bits per heavy atom. The Kier molecular flexibility index (Phi) is 10.0. The van der Waals surface area contributed by atoms with Gasteiger partial charge in [-0.1, -0.05) is 0 Å². The van der Waals surface area contributed by atoms with Gasteiger partial charge in [0, 0.05) is 0 Å². The predicted molar refractivity (Wildman–Crippen MR) is 181 cm³/mol. The van der Waals surface area contributed by atoms with Crippen LogP contribution < -0.4 is 0 Å². The fourth-order valence-corrected chi connectivity index (χ4v) is 39.1. The van der Waals surface area contributed by atoms with Gasteiger partial charge in [-0.2, -0.15) is 0 Å². The van der Waals surface area contributed by atoms with E-state index in [-0.39, 0.29) is 7.25 Å². The molecule has 2 unspecified atom stereocenters. The average Bonchev–Trinajstić information content (AvgIpc) is 3.37. The summed E-state index contributed by atoms with van der Waals surface area (Å²) in [6.07, 6.45) is 9.42. The number of hydrogen-bond donors (Lipinski definition) is 0. The molecule has 219 valence electrons. The molecule has 4 heteroatoms. The fourth-order valence-electron chi connectivity index (χ4n) is 7.73. The first-order chi connectivity index (χ1) is 18.6. The minimum absolute atomic E-state index is 0.196. The zero-order valence-electron chi connectivity index (χ0n) is 26.7. The summed E-state index contributed by atoms with van der Waals surface area (Å²) < 4.78 is 0.391. The van der Waals surface area contributed by atoms with Crippen molar-refractivity contribution in [2.24, 2.45) is 23.7 Å². The normalized spacial score (nSPS) is 19.9. The van der Waals surface area contributed by atoms with E-state index in [9.17, 15) is 0 Å². The second-order valence-corrected chi connectivity index (χ2v) is 57.4. The van der Waals surface area contributed by atoms with Crippen LogP contribution in [0.2, 0.25) is 13.1 Å². The molecule has 0 spiro atoms. The predicted octanol–water partition coefficient (Wildman–Crippen LogP) is 11.7. The number of fused-ring (bicyclic) bond motifs is 2. The molecule has 0 amide bonds. The van der Waals surface area contributed by atoms with E-state index in [0.717, 1.165) is 25.7 Å². The molecule has 0 aliphatic heterocycles. The summed E-state index contributed by atoms with van der Waals surface area (Å²) in [6.45, 7) is 23.7. The summed E-state index contributed by atoms with van der Waals surface area (Å²) in [5.74, 6) is 0.824. The van der Waals surface area contributed by atoms with Gasteiger partial charge < -0.3 is 0 Å². The van der Waals surface area contributed by atoms with Gasteiger partial charge in [0.15, 0.2) is 0 Å². The van der Waals surface area contributed by atoms with Gasteiger partial charge in [-0.3, -0.25) is 0 Å². The molecule has 0 N–H and O–H groups in total. The summed E-state index contributed by atoms with van der Waals surface area (Å²) in [5, 5.41) is 0. The van der Waals surface area contributed by atoms with E-state index in [1.54, 1.807) is 0 Å². The first-order valence-electron chi connectivity index (χ1n) is 15.9. The molecular weight excluding hydrogens is 623 g/mol. The van der Waals surface area contributed by atoms with Crippen molar-refractivity contribution in [3.8, 4) is 0 Å². The molecule has 4 rings (SSSR count). The molecule has 40 heavy (non-hydrogen) atoms. The molecule has 0 saturated carbocycles. The Balaban J connectivity index is 2.01. The van der Waals surface area contributed by atoms with Crippen molar-refractivity contribution in [3.05, 3.63) is 80.9 Å². The molecule has 2 aliphatic carbocycles. The van der Waals surface area contributed by atoms with Gasteiger partial charge in [-0.25, -0.2) is 0 Å². The molecule has 0 bridgehead atoms. The van der Waals surface area contributed by atoms with E-state index in [4.69, 9.17) is 17.0 Å². The number of halogens is 2. The maximum absolute atomic E-state index is 8.63. The fraction of sp³-hybridized carbons (Fsp3) is 0.556. The van der Waals surface area contributed by atoms with Gasteiger partial charge in [0.2, 0.25) is 0 Å². The number of allylic oxidation sites excluding steroid dienone is 2. The van der Waals surface area contributed by atoms with Crippen LogP contribution >= 0.6 is 17.0 Å². The zero-order chi connectivity index (χ0) is 29.6. The topological polar surface area (TPSA) is 0 Å². The van der Waals surface area contributed by atoms with Gasteiger partial charge in [0.25, 0.3) is 0 Å². The quantitative estimate of drug-likeness (QED) is 0.208. The van der Waals surface area contributed by atoms with Crippen LogP contribution in [0.4, 0.5) is 0 Å². The number of rotatable bonds is 11. The van der Waals surface area contributed by atoms with Crippen LogP contribution in [0.5, 0.6) is 0 Å². The van der Waals surface area contributed by atoms with Gasteiger partial charge >= 0.3 is 257 Å². The van der Waals surface area contributed by atoms with E-state index >= 15 is 0 Å². The average molecular weight is 676 g/mol. The molecule has 0 nitrogen and oxygen atoms in total. The Labute approximate surface area is 254 Å². The summed E-state index contributed by atoms with van der Waals surface area (Å²) in [5.41, 5.74) is 11.8. The van der Waals surface area contributed by atoms with Crippen molar-refractivity contribution in [1.82, 2.24) is 0 Å². The molecule has 0 aromatic heterocycles. The molecule has 2 aromatic carbocycles. The monoisotopic (exact) mass is 673 g/mol. The van der Waals surface area contributed by atoms with E-state index in [1.807, 2.05) is 0 Å². The summed E-state index contributed by atoms with van der Waals surface area (Å²) in [7, 11) is 17.3. The standard InChI is InChI=1S/2C17H23.C2H7Si.2ClH.Zr/c2*1-12(2)8-14-10-16-7-5-6-15(9-13(3)4)17(16)11-14;1-3-2;;;/h2*5-7,10-13H,8-9H2,1-4H3;3H,1-2H3;2*1H;/q;;;;;+2/p-2. The van der Waals surface area contributed by atoms with Gasteiger partial charge in [-0.05, 0) is 0 Å². The SMILES string of the molecule is CC(C)CC1=Cc2c(CC(C)C)cccc2[CH]1[Zr]([Cl])([Cl])([CH]1C(CC(C)C)=Cc2c(CC(C)C)cccc21)[SiH](C)C. The van der Waals surface area contributed by atoms with Crippen molar-refractivity contribution in [2.75, 3.05) is 0 Å². The molecular formula is C36H53Cl2SiZr. The third-order valence-electron chi connectivity index (χ3n) is 9.23. The third kappa shape index (κ3) is 6.00. The molecule has 2 aromatic rings. The summed E-state index contributed by atoms with van der Waals surface area (Å²) >= 11 is -4.69. The molecule has 0 fully saturated rings. The zero-order valence-corrected chi connectivity index (χ0v) is 31.9. The summed E-state index contributed by atoms with van der Waals surface area (Å²) in [4.78, 5) is 0. The maximum atomic E-state index is 8.63. The van der Waals surface area contributed by atoms with Gasteiger partial charge in [0.1, 0.15) is 0 Å². The molecule has 0 saturated heterocycles. The number of benzene rings is 2. The van der Waals surface area contributed by atoms with E-state index in [2.05, 4.69) is 117 Å². The Hall–Kier alpha value is -0.400. The first kappa shape index (κ1) is 32.5. The Morgan fingerprint density at radius 1 is 0.600 bits per heavy atom.